The molecule has 2 aromatic rings. The van der Waals surface area contributed by atoms with Crippen molar-refractivity contribution < 1.29 is 19.1 Å². The molecule has 0 unspecified atom stereocenters. The highest BCUT2D eigenvalue weighted by molar-refractivity contribution is 6.04. The van der Waals surface area contributed by atoms with Crippen molar-refractivity contribution in [2.75, 3.05) is 19.5 Å². The fourth-order valence-electron chi connectivity index (χ4n) is 2.31. The van der Waals surface area contributed by atoms with Gasteiger partial charge in [-0.15, -0.1) is 0 Å². The summed E-state index contributed by atoms with van der Waals surface area (Å²) in [5.74, 6) is 0.286. The van der Waals surface area contributed by atoms with Crippen LogP contribution in [0.1, 0.15) is 29.8 Å². The van der Waals surface area contributed by atoms with Crippen LogP contribution in [0.25, 0.3) is 0 Å². The molecule has 0 fully saturated rings. The van der Waals surface area contributed by atoms with Gasteiger partial charge in [0.15, 0.2) is 11.5 Å². The number of hydrogen-bond donors (Lipinski definition) is 2. The molecule has 0 heterocycles. The number of amides is 2. The monoisotopic (exact) mass is 342 g/mol. The number of anilines is 1. The zero-order valence-corrected chi connectivity index (χ0v) is 14.8. The average Bonchev–Trinajstić information content (AvgIpc) is 2.61. The van der Waals surface area contributed by atoms with Crippen molar-refractivity contribution in [2.45, 2.75) is 19.3 Å². The minimum atomic E-state index is -0.829. The Balaban J connectivity index is 2.25. The fourth-order valence-corrected chi connectivity index (χ4v) is 2.31. The molecule has 25 heavy (non-hydrogen) atoms. The minimum absolute atomic E-state index is 0.296. The normalized spacial score (nSPS) is 10.9. The van der Waals surface area contributed by atoms with E-state index in [1.165, 1.54) is 14.2 Å². The van der Waals surface area contributed by atoms with Crippen molar-refractivity contribution in [3.8, 4) is 11.5 Å². The number of nitrogens with one attached hydrogen (secondary N) is 1. The third kappa shape index (κ3) is 3.91. The predicted molar refractivity (Wildman–Crippen MR) is 96.2 cm³/mol. The molecule has 2 rings (SSSR count). The van der Waals surface area contributed by atoms with Crippen molar-refractivity contribution in [3.05, 3.63) is 53.6 Å². The number of methoxy groups -OCH3 is 2. The van der Waals surface area contributed by atoms with Gasteiger partial charge in [0.25, 0.3) is 5.91 Å². The second-order valence-electron chi connectivity index (χ2n) is 6.09. The van der Waals surface area contributed by atoms with E-state index in [9.17, 15) is 9.59 Å². The van der Waals surface area contributed by atoms with Crippen LogP contribution >= 0.6 is 0 Å². The van der Waals surface area contributed by atoms with Gasteiger partial charge < -0.3 is 20.5 Å². The SMILES string of the molecule is COc1ccc(C(=O)Nc2cccc(C(C)(C)C(N)=O)c2)cc1OC. The van der Waals surface area contributed by atoms with Gasteiger partial charge in [0.2, 0.25) is 5.91 Å². The lowest BCUT2D eigenvalue weighted by atomic mass is 9.84. The molecule has 2 amide bonds. The van der Waals surface area contributed by atoms with Gasteiger partial charge in [0.1, 0.15) is 0 Å². The van der Waals surface area contributed by atoms with E-state index < -0.39 is 11.3 Å². The zero-order valence-electron chi connectivity index (χ0n) is 14.8. The largest absolute Gasteiger partial charge is 0.493 e. The molecule has 0 radical (unpaired) electrons. The Kier molecular flexibility index (Phi) is 5.32. The van der Waals surface area contributed by atoms with Crippen molar-refractivity contribution in [2.24, 2.45) is 5.73 Å². The number of nitrogens with two attached hydrogens (primary N) is 1. The van der Waals surface area contributed by atoms with Crippen LogP contribution in [0.3, 0.4) is 0 Å². The Morgan fingerprint density at radius 2 is 1.68 bits per heavy atom. The first kappa shape index (κ1) is 18.3. The number of carbonyl (C=O) groups excluding carboxylic acids is 2. The molecule has 6 nitrogen and oxygen atoms in total. The number of carbonyl (C=O) groups is 2. The van der Waals surface area contributed by atoms with Gasteiger partial charge in [0, 0.05) is 11.3 Å². The highest BCUT2D eigenvalue weighted by atomic mass is 16.5. The number of ether oxygens (including phenoxy) is 2. The van der Waals surface area contributed by atoms with E-state index >= 15 is 0 Å². The smallest absolute Gasteiger partial charge is 0.255 e. The van der Waals surface area contributed by atoms with E-state index in [0.29, 0.717) is 22.7 Å². The average molecular weight is 342 g/mol. The molecule has 0 saturated carbocycles. The molecule has 0 bridgehead atoms. The summed E-state index contributed by atoms with van der Waals surface area (Å²) in [6.07, 6.45) is 0. The Morgan fingerprint density at radius 3 is 2.28 bits per heavy atom. The summed E-state index contributed by atoms with van der Waals surface area (Å²) in [5, 5.41) is 2.81. The van der Waals surface area contributed by atoms with Gasteiger partial charge in [-0.05, 0) is 49.7 Å². The molecule has 132 valence electrons. The van der Waals surface area contributed by atoms with E-state index in [4.69, 9.17) is 15.2 Å². The molecular formula is C19H22N2O4. The van der Waals surface area contributed by atoms with Crippen LogP contribution in [-0.4, -0.2) is 26.0 Å². The summed E-state index contributed by atoms with van der Waals surface area (Å²) in [5.41, 5.74) is 6.35. The standard InChI is InChI=1S/C19H22N2O4/c1-19(2,18(20)23)13-6-5-7-14(11-13)21-17(22)12-8-9-15(24-3)16(10-12)25-4/h5-11H,1-4H3,(H2,20,23)(H,21,22). The molecule has 6 heteroatoms. The van der Waals surface area contributed by atoms with Gasteiger partial charge in [-0.1, -0.05) is 12.1 Å². The molecule has 0 spiro atoms. The minimum Gasteiger partial charge on any atom is -0.493 e. The van der Waals surface area contributed by atoms with Gasteiger partial charge >= 0.3 is 0 Å². The van der Waals surface area contributed by atoms with Crippen molar-refractivity contribution in [1.82, 2.24) is 0 Å². The molecule has 0 aliphatic heterocycles. The van der Waals surface area contributed by atoms with Gasteiger partial charge in [0.05, 0.1) is 19.6 Å². The number of hydrogen-bond acceptors (Lipinski definition) is 4. The number of benzene rings is 2. The third-order valence-corrected chi connectivity index (χ3v) is 4.10. The van der Waals surface area contributed by atoms with Crippen molar-refractivity contribution in [3.63, 3.8) is 0 Å². The summed E-state index contributed by atoms with van der Waals surface area (Å²) >= 11 is 0. The van der Waals surface area contributed by atoms with Crippen molar-refractivity contribution >= 4 is 17.5 Å². The molecule has 0 saturated heterocycles. The van der Waals surface area contributed by atoms with Crippen LogP contribution in [0.2, 0.25) is 0 Å². The summed E-state index contributed by atoms with van der Waals surface area (Å²) in [4.78, 5) is 24.1. The first-order chi connectivity index (χ1) is 11.8. The second-order valence-corrected chi connectivity index (χ2v) is 6.09. The van der Waals surface area contributed by atoms with Crippen LogP contribution in [0.4, 0.5) is 5.69 Å². The van der Waals surface area contributed by atoms with E-state index in [0.717, 1.165) is 5.56 Å². The highest BCUT2D eigenvalue weighted by Gasteiger charge is 2.27. The predicted octanol–water partition coefficient (Wildman–Crippen LogP) is 2.72. The Labute approximate surface area is 146 Å². The lowest BCUT2D eigenvalue weighted by Crippen LogP contribution is -2.35. The Morgan fingerprint density at radius 1 is 1.00 bits per heavy atom. The van der Waals surface area contributed by atoms with Crippen LogP contribution < -0.4 is 20.5 Å². The molecule has 0 aliphatic rings. The Bertz CT molecular complexity index is 800. The lowest BCUT2D eigenvalue weighted by Gasteiger charge is -2.21. The molecular weight excluding hydrogens is 320 g/mol. The highest BCUT2D eigenvalue weighted by Crippen LogP contribution is 2.28. The first-order valence-electron chi connectivity index (χ1n) is 7.73. The summed E-state index contributed by atoms with van der Waals surface area (Å²) in [7, 11) is 3.04. The summed E-state index contributed by atoms with van der Waals surface area (Å²) < 4.78 is 10.4. The molecule has 0 atom stereocenters. The second kappa shape index (κ2) is 7.25. The molecule has 2 aromatic carbocycles. The maximum Gasteiger partial charge on any atom is 0.255 e. The molecule has 0 aliphatic carbocycles. The maximum atomic E-state index is 12.5. The number of primary amides is 1. The summed E-state index contributed by atoms with van der Waals surface area (Å²) in [6, 6.07) is 12.0. The van der Waals surface area contributed by atoms with Crippen molar-refractivity contribution in [1.29, 1.82) is 0 Å². The van der Waals surface area contributed by atoms with Crippen LogP contribution in [-0.2, 0) is 10.2 Å². The van der Waals surface area contributed by atoms with E-state index in [1.54, 1.807) is 56.3 Å². The van der Waals surface area contributed by atoms with Gasteiger partial charge in [-0.3, -0.25) is 9.59 Å². The lowest BCUT2D eigenvalue weighted by molar-refractivity contribution is -0.122. The van der Waals surface area contributed by atoms with E-state index in [1.807, 2.05) is 0 Å². The van der Waals surface area contributed by atoms with Crippen LogP contribution in [0.5, 0.6) is 11.5 Å². The quantitative estimate of drug-likeness (QED) is 0.844. The zero-order chi connectivity index (χ0) is 18.6. The van der Waals surface area contributed by atoms with E-state index in [2.05, 4.69) is 5.32 Å². The Hall–Kier alpha value is -3.02. The first-order valence-corrected chi connectivity index (χ1v) is 7.73. The molecule has 0 aromatic heterocycles. The van der Waals surface area contributed by atoms with Gasteiger partial charge in [-0.2, -0.15) is 0 Å². The molecule has 3 N–H and O–H groups in total. The third-order valence-electron chi connectivity index (χ3n) is 4.10. The fraction of sp³-hybridized carbons (Fsp3) is 0.263. The topological polar surface area (TPSA) is 90.6 Å². The van der Waals surface area contributed by atoms with Crippen LogP contribution in [0.15, 0.2) is 42.5 Å². The van der Waals surface area contributed by atoms with Gasteiger partial charge in [-0.25, -0.2) is 0 Å². The maximum absolute atomic E-state index is 12.5. The van der Waals surface area contributed by atoms with E-state index in [-0.39, 0.29) is 5.91 Å². The summed E-state index contributed by atoms with van der Waals surface area (Å²) in [6.45, 7) is 3.48. The number of rotatable bonds is 6. The van der Waals surface area contributed by atoms with Crippen LogP contribution in [0, 0.1) is 0 Å².